The average molecular weight is 355 g/mol. The topological polar surface area (TPSA) is 67.6 Å². The summed E-state index contributed by atoms with van der Waals surface area (Å²) < 4.78 is 5.66. The number of primary amides is 1. The normalized spacial score (nSPS) is 16.1. The number of amides is 1. The summed E-state index contributed by atoms with van der Waals surface area (Å²) in [4.78, 5) is 13.4. The first-order chi connectivity index (χ1) is 12.0. The smallest absolute Gasteiger partial charge is 0.260 e. The van der Waals surface area contributed by atoms with Gasteiger partial charge in [-0.05, 0) is 48.0 Å². The molecule has 0 unspecified atom stereocenters. The zero-order valence-electron chi connectivity index (χ0n) is 14.2. The number of thiocarbonyl (C=S) groups is 1. The fourth-order valence-electron chi connectivity index (χ4n) is 2.72. The van der Waals surface area contributed by atoms with Crippen LogP contribution in [0.4, 0.5) is 11.4 Å². The molecule has 0 bridgehead atoms. The minimum Gasteiger partial charge on any atom is -0.477 e. The highest BCUT2D eigenvalue weighted by atomic mass is 32.1. The number of para-hydroxylation sites is 2. The van der Waals surface area contributed by atoms with Crippen LogP contribution >= 0.6 is 12.2 Å². The van der Waals surface area contributed by atoms with Gasteiger partial charge in [-0.2, -0.15) is 0 Å². The molecule has 3 rings (SSSR count). The lowest BCUT2D eigenvalue weighted by Crippen LogP contribution is -2.50. The van der Waals surface area contributed by atoms with Gasteiger partial charge in [0, 0.05) is 5.69 Å². The molecule has 2 aromatic rings. The molecule has 0 radical (unpaired) electrons. The molecule has 1 atom stereocenters. The maximum Gasteiger partial charge on any atom is 0.260 e. The van der Waals surface area contributed by atoms with Gasteiger partial charge < -0.3 is 20.7 Å². The number of nitrogens with one attached hydrogen (secondary N) is 1. The maximum atomic E-state index is 11.6. The fourth-order valence-corrected chi connectivity index (χ4v) is 3.01. The van der Waals surface area contributed by atoms with Crippen molar-refractivity contribution in [2.24, 2.45) is 5.73 Å². The van der Waals surface area contributed by atoms with E-state index in [9.17, 15) is 4.79 Å². The van der Waals surface area contributed by atoms with E-state index in [0.29, 0.717) is 16.8 Å². The standard InChI is InChI=1S/C19H21N3O2S/c1-12(2)13-7-9-14(10-8-13)21-19(25)22-11-17(18(20)23)24-16-6-4-3-5-15(16)22/h3-10,12,17H,11H2,1-2H3,(H2,20,23)(H,21,25)/t17-/m0/s1. The molecule has 1 aliphatic rings. The van der Waals surface area contributed by atoms with Gasteiger partial charge in [0.2, 0.25) is 0 Å². The number of anilines is 2. The molecule has 5 nitrogen and oxygen atoms in total. The Hall–Kier alpha value is -2.60. The number of carbonyl (C=O) groups excluding carboxylic acids is 1. The summed E-state index contributed by atoms with van der Waals surface area (Å²) in [6.07, 6.45) is -0.738. The molecule has 0 saturated carbocycles. The van der Waals surface area contributed by atoms with Crippen molar-refractivity contribution in [2.75, 3.05) is 16.8 Å². The summed E-state index contributed by atoms with van der Waals surface area (Å²) in [5.41, 5.74) is 8.41. The molecule has 1 aliphatic heterocycles. The van der Waals surface area contributed by atoms with E-state index < -0.39 is 12.0 Å². The molecular formula is C19H21N3O2S. The first-order valence-electron chi connectivity index (χ1n) is 8.19. The minimum atomic E-state index is -0.738. The first-order valence-corrected chi connectivity index (χ1v) is 8.60. The molecule has 0 aromatic heterocycles. The lowest BCUT2D eigenvalue weighted by Gasteiger charge is -2.35. The number of carbonyl (C=O) groups is 1. The van der Waals surface area contributed by atoms with Crippen molar-refractivity contribution in [3.05, 3.63) is 54.1 Å². The second-order valence-electron chi connectivity index (χ2n) is 6.29. The van der Waals surface area contributed by atoms with Crippen molar-refractivity contribution in [2.45, 2.75) is 25.9 Å². The van der Waals surface area contributed by atoms with Gasteiger partial charge in [0.1, 0.15) is 5.75 Å². The summed E-state index contributed by atoms with van der Waals surface area (Å²) in [5, 5.41) is 3.73. The SMILES string of the molecule is CC(C)c1ccc(NC(=S)N2C[C@@H](C(N)=O)Oc3ccccc32)cc1. The Kier molecular flexibility index (Phi) is 4.90. The van der Waals surface area contributed by atoms with Gasteiger partial charge in [-0.1, -0.05) is 38.1 Å². The molecule has 3 N–H and O–H groups in total. The second kappa shape index (κ2) is 7.11. The Bertz CT molecular complexity index is 790. The van der Waals surface area contributed by atoms with Crippen LogP contribution < -0.4 is 20.7 Å². The molecule has 1 amide bonds. The van der Waals surface area contributed by atoms with Gasteiger partial charge in [-0.3, -0.25) is 4.79 Å². The van der Waals surface area contributed by atoms with Gasteiger partial charge in [0.05, 0.1) is 12.2 Å². The molecule has 0 aliphatic carbocycles. The van der Waals surface area contributed by atoms with E-state index in [1.807, 2.05) is 35.2 Å². The maximum absolute atomic E-state index is 11.6. The van der Waals surface area contributed by atoms with Crippen LogP contribution in [0.1, 0.15) is 25.3 Å². The number of hydrogen-bond donors (Lipinski definition) is 2. The van der Waals surface area contributed by atoms with E-state index in [4.69, 9.17) is 22.7 Å². The van der Waals surface area contributed by atoms with E-state index in [1.165, 1.54) is 5.56 Å². The molecule has 2 aromatic carbocycles. The third-order valence-electron chi connectivity index (χ3n) is 4.16. The van der Waals surface area contributed by atoms with Crippen LogP contribution in [0.3, 0.4) is 0 Å². The number of nitrogens with zero attached hydrogens (tertiary/aromatic N) is 1. The van der Waals surface area contributed by atoms with Crippen molar-refractivity contribution in [3.8, 4) is 5.75 Å². The van der Waals surface area contributed by atoms with Crippen LogP contribution in [0.15, 0.2) is 48.5 Å². The van der Waals surface area contributed by atoms with E-state index in [0.717, 1.165) is 11.4 Å². The predicted octanol–water partition coefficient (Wildman–Crippen LogP) is 3.26. The molecule has 0 spiro atoms. The van der Waals surface area contributed by atoms with Crippen molar-refractivity contribution in [1.82, 2.24) is 0 Å². The third kappa shape index (κ3) is 3.74. The van der Waals surface area contributed by atoms with Crippen LogP contribution in [-0.4, -0.2) is 23.7 Å². The Morgan fingerprint density at radius 1 is 1.24 bits per heavy atom. The van der Waals surface area contributed by atoms with Crippen molar-refractivity contribution in [1.29, 1.82) is 0 Å². The highest BCUT2D eigenvalue weighted by Crippen LogP contribution is 2.33. The number of ether oxygens (including phenoxy) is 1. The Morgan fingerprint density at radius 2 is 1.92 bits per heavy atom. The van der Waals surface area contributed by atoms with Crippen molar-refractivity contribution in [3.63, 3.8) is 0 Å². The number of nitrogens with two attached hydrogens (primary N) is 1. The van der Waals surface area contributed by atoms with E-state index in [2.05, 4.69) is 31.3 Å². The Balaban J connectivity index is 1.82. The molecule has 130 valence electrons. The molecule has 6 heteroatoms. The molecule has 1 heterocycles. The summed E-state index contributed by atoms with van der Waals surface area (Å²) >= 11 is 5.56. The zero-order valence-corrected chi connectivity index (χ0v) is 15.0. The Labute approximate surface area is 152 Å². The highest BCUT2D eigenvalue weighted by Gasteiger charge is 2.31. The van der Waals surface area contributed by atoms with Gasteiger partial charge in [0.25, 0.3) is 5.91 Å². The van der Waals surface area contributed by atoms with Gasteiger partial charge >= 0.3 is 0 Å². The number of benzene rings is 2. The quantitative estimate of drug-likeness (QED) is 0.827. The lowest BCUT2D eigenvalue weighted by molar-refractivity contribution is -0.124. The summed E-state index contributed by atoms with van der Waals surface area (Å²) in [6.45, 7) is 4.59. The molecular weight excluding hydrogens is 334 g/mol. The highest BCUT2D eigenvalue weighted by molar-refractivity contribution is 7.80. The first kappa shape index (κ1) is 17.2. The number of hydrogen-bond acceptors (Lipinski definition) is 3. The number of rotatable bonds is 3. The van der Waals surface area contributed by atoms with Crippen molar-refractivity contribution < 1.29 is 9.53 Å². The predicted molar refractivity (Wildman–Crippen MR) is 104 cm³/mol. The summed E-state index contributed by atoms with van der Waals surface area (Å²) in [7, 11) is 0. The van der Waals surface area contributed by atoms with Crippen LogP contribution in [0.2, 0.25) is 0 Å². The molecule has 0 fully saturated rings. The van der Waals surface area contributed by atoms with E-state index in [-0.39, 0.29) is 6.54 Å². The van der Waals surface area contributed by atoms with Crippen LogP contribution in [-0.2, 0) is 4.79 Å². The van der Waals surface area contributed by atoms with Crippen LogP contribution in [0.5, 0.6) is 5.75 Å². The van der Waals surface area contributed by atoms with Gasteiger partial charge in [-0.25, -0.2) is 0 Å². The van der Waals surface area contributed by atoms with E-state index in [1.54, 1.807) is 6.07 Å². The monoisotopic (exact) mass is 355 g/mol. The largest absolute Gasteiger partial charge is 0.477 e. The molecule has 25 heavy (non-hydrogen) atoms. The van der Waals surface area contributed by atoms with Gasteiger partial charge in [0.15, 0.2) is 11.2 Å². The molecule has 0 saturated heterocycles. The zero-order chi connectivity index (χ0) is 18.0. The van der Waals surface area contributed by atoms with Gasteiger partial charge in [-0.15, -0.1) is 0 Å². The average Bonchev–Trinajstić information content (AvgIpc) is 2.61. The lowest BCUT2D eigenvalue weighted by atomic mass is 10.0. The summed E-state index contributed by atoms with van der Waals surface area (Å²) in [6, 6.07) is 15.6. The van der Waals surface area contributed by atoms with E-state index >= 15 is 0 Å². The van der Waals surface area contributed by atoms with Crippen LogP contribution in [0, 0.1) is 0 Å². The number of fused-ring (bicyclic) bond motifs is 1. The minimum absolute atomic E-state index is 0.280. The van der Waals surface area contributed by atoms with Crippen molar-refractivity contribution >= 4 is 34.6 Å². The third-order valence-corrected chi connectivity index (χ3v) is 4.49. The Morgan fingerprint density at radius 3 is 2.56 bits per heavy atom. The second-order valence-corrected chi connectivity index (χ2v) is 6.68. The summed E-state index contributed by atoms with van der Waals surface area (Å²) in [5.74, 6) is 0.559. The fraction of sp³-hybridized carbons (Fsp3) is 0.263. The van der Waals surface area contributed by atoms with Crippen LogP contribution in [0.25, 0.3) is 0 Å².